The third-order valence-electron chi connectivity index (χ3n) is 4.91. The molecular weight excluding hydrogens is 345 g/mol. The van der Waals surface area contributed by atoms with Crippen LogP contribution in [0.2, 0.25) is 0 Å². The molecule has 26 heavy (non-hydrogen) atoms. The van der Waals surface area contributed by atoms with Crippen LogP contribution in [0.25, 0.3) is 0 Å². The predicted molar refractivity (Wildman–Crippen MR) is 103 cm³/mol. The molecule has 0 N–H and O–H groups in total. The third-order valence-corrected chi connectivity index (χ3v) is 5.91. The molecular formula is C20H20BNO3S. The minimum Gasteiger partial charge on any atom is -0.399 e. The number of hydrogen-bond acceptors (Lipinski definition) is 5. The van der Waals surface area contributed by atoms with Gasteiger partial charge in [-0.1, -0.05) is 17.8 Å². The van der Waals surface area contributed by atoms with Crippen LogP contribution in [-0.4, -0.2) is 24.6 Å². The summed E-state index contributed by atoms with van der Waals surface area (Å²) in [6, 6.07) is 15.1. The van der Waals surface area contributed by atoms with E-state index in [0.717, 1.165) is 21.5 Å². The number of carbonyl (C=O) groups is 1. The Labute approximate surface area is 158 Å². The zero-order chi connectivity index (χ0) is 18.9. The molecule has 0 aromatic heterocycles. The van der Waals surface area contributed by atoms with Crippen LogP contribution < -0.4 is 5.46 Å². The van der Waals surface area contributed by atoms with Crippen LogP contribution in [-0.2, 0) is 9.31 Å². The standard InChI is InChI=1S/C20H20BNO3S/c1-19(2)20(3,4)25-21(24-19)18-10-9-17(11-15(18)13-23)26-16-7-5-14(12-22)6-8-16/h5-11,13H,1-4H3. The highest BCUT2D eigenvalue weighted by atomic mass is 32.2. The SMILES string of the molecule is CC1(C)OB(c2ccc(Sc3ccc(C#N)cc3)cc2C=O)OC1(C)C. The lowest BCUT2D eigenvalue weighted by atomic mass is 9.76. The molecule has 1 aliphatic heterocycles. The zero-order valence-electron chi connectivity index (χ0n) is 15.3. The van der Waals surface area contributed by atoms with E-state index >= 15 is 0 Å². The van der Waals surface area contributed by atoms with Crippen LogP contribution in [0.5, 0.6) is 0 Å². The third kappa shape index (κ3) is 3.56. The first-order valence-electron chi connectivity index (χ1n) is 8.38. The zero-order valence-corrected chi connectivity index (χ0v) is 16.1. The molecule has 6 heteroatoms. The molecule has 0 atom stereocenters. The Balaban J connectivity index is 1.84. The van der Waals surface area contributed by atoms with E-state index in [-0.39, 0.29) is 0 Å². The summed E-state index contributed by atoms with van der Waals surface area (Å²) >= 11 is 1.54. The van der Waals surface area contributed by atoms with Crippen LogP contribution in [0, 0.1) is 11.3 Å². The van der Waals surface area contributed by atoms with Crippen LogP contribution in [0.3, 0.4) is 0 Å². The second kappa shape index (κ2) is 6.92. The summed E-state index contributed by atoms with van der Waals surface area (Å²) < 4.78 is 12.1. The maximum atomic E-state index is 11.6. The van der Waals surface area contributed by atoms with E-state index in [2.05, 4.69) is 6.07 Å². The summed E-state index contributed by atoms with van der Waals surface area (Å²) in [4.78, 5) is 13.6. The number of hydrogen-bond donors (Lipinski definition) is 0. The fourth-order valence-electron chi connectivity index (χ4n) is 2.64. The number of carbonyl (C=O) groups excluding carboxylic acids is 1. The number of nitrogens with zero attached hydrogens (tertiary/aromatic N) is 1. The monoisotopic (exact) mass is 365 g/mol. The molecule has 0 spiro atoms. The lowest BCUT2D eigenvalue weighted by Crippen LogP contribution is -2.41. The van der Waals surface area contributed by atoms with E-state index in [1.54, 1.807) is 12.1 Å². The average Bonchev–Trinajstić information content (AvgIpc) is 2.83. The highest BCUT2D eigenvalue weighted by molar-refractivity contribution is 7.99. The Morgan fingerprint density at radius 1 is 1.00 bits per heavy atom. The van der Waals surface area contributed by atoms with Crippen molar-refractivity contribution in [2.75, 3.05) is 0 Å². The van der Waals surface area contributed by atoms with Crippen molar-refractivity contribution < 1.29 is 14.1 Å². The Kier molecular flexibility index (Phi) is 4.98. The fourth-order valence-corrected chi connectivity index (χ4v) is 3.50. The number of rotatable bonds is 4. The van der Waals surface area contributed by atoms with Gasteiger partial charge in [0.05, 0.1) is 22.8 Å². The van der Waals surface area contributed by atoms with Gasteiger partial charge >= 0.3 is 7.12 Å². The molecule has 0 saturated carbocycles. The van der Waals surface area contributed by atoms with Gasteiger partial charge in [-0.2, -0.15) is 5.26 Å². The van der Waals surface area contributed by atoms with E-state index in [0.29, 0.717) is 11.1 Å². The Morgan fingerprint density at radius 2 is 1.58 bits per heavy atom. The number of nitriles is 1. The maximum absolute atomic E-state index is 11.6. The van der Waals surface area contributed by atoms with Crippen LogP contribution in [0.15, 0.2) is 52.3 Å². The summed E-state index contributed by atoms with van der Waals surface area (Å²) in [5, 5.41) is 8.88. The van der Waals surface area contributed by atoms with Gasteiger partial charge in [0.15, 0.2) is 0 Å². The van der Waals surface area contributed by atoms with Crippen LogP contribution >= 0.6 is 11.8 Å². The van der Waals surface area contributed by atoms with Gasteiger partial charge in [-0.25, -0.2) is 0 Å². The molecule has 0 bridgehead atoms. The second-order valence-electron chi connectivity index (χ2n) is 7.24. The normalized spacial score (nSPS) is 17.7. The Morgan fingerprint density at radius 3 is 2.12 bits per heavy atom. The van der Waals surface area contributed by atoms with Gasteiger partial charge < -0.3 is 9.31 Å². The summed E-state index contributed by atoms with van der Waals surface area (Å²) in [6.07, 6.45) is 0.837. The van der Waals surface area contributed by atoms with Crippen LogP contribution in [0.4, 0.5) is 0 Å². The molecule has 3 rings (SSSR count). The predicted octanol–water partition coefficient (Wildman–Crippen LogP) is 3.82. The van der Waals surface area contributed by atoms with Gasteiger partial charge in [-0.15, -0.1) is 0 Å². The van der Waals surface area contributed by atoms with Crippen molar-refractivity contribution in [1.29, 1.82) is 5.26 Å². The Hall–Kier alpha value is -2.07. The van der Waals surface area contributed by atoms with Crippen LogP contribution in [0.1, 0.15) is 43.6 Å². The molecule has 0 radical (unpaired) electrons. The minimum atomic E-state index is -0.561. The quantitative estimate of drug-likeness (QED) is 0.609. The maximum Gasteiger partial charge on any atom is 0.495 e. The van der Waals surface area contributed by atoms with Gasteiger partial charge in [0.2, 0.25) is 0 Å². The molecule has 1 heterocycles. The molecule has 0 aliphatic carbocycles. The summed E-state index contributed by atoms with van der Waals surface area (Å²) in [5.41, 5.74) is 1.02. The fraction of sp³-hybridized carbons (Fsp3) is 0.300. The van der Waals surface area contributed by atoms with Gasteiger partial charge in [0, 0.05) is 15.4 Å². The van der Waals surface area contributed by atoms with Gasteiger partial charge in [0.1, 0.15) is 6.29 Å². The molecule has 1 fully saturated rings. The van der Waals surface area contributed by atoms with E-state index < -0.39 is 18.3 Å². The largest absolute Gasteiger partial charge is 0.495 e. The topological polar surface area (TPSA) is 59.3 Å². The summed E-state index contributed by atoms with van der Waals surface area (Å²) in [6.45, 7) is 7.96. The van der Waals surface area contributed by atoms with E-state index in [1.807, 2.05) is 58.0 Å². The molecule has 1 saturated heterocycles. The highest BCUT2D eigenvalue weighted by Gasteiger charge is 2.52. The van der Waals surface area contributed by atoms with Crippen molar-refractivity contribution in [3.05, 3.63) is 53.6 Å². The van der Waals surface area contributed by atoms with Crippen molar-refractivity contribution in [2.45, 2.75) is 48.7 Å². The first kappa shape index (κ1) is 18.7. The smallest absolute Gasteiger partial charge is 0.399 e. The van der Waals surface area contributed by atoms with Crippen molar-refractivity contribution in [3.63, 3.8) is 0 Å². The number of aldehydes is 1. The minimum absolute atomic E-state index is 0.451. The van der Waals surface area contributed by atoms with Gasteiger partial charge in [-0.3, -0.25) is 4.79 Å². The van der Waals surface area contributed by atoms with Crippen molar-refractivity contribution in [1.82, 2.24) is 0 Å². The lowest BCUT2D eigenvalue weighted by molar-refractivity contribution is 0.00578. The van der Waals surface area contributed by atoms with E-state index in [4.69, 9.17) is 14.6 Å². The molecule has 0 unspecified atom stereocenters. The van der Waals surface area contributed by atoms with E-state index in [9.17, 15) is 4.79 Å². The first-order valence-corrected chi connectivity index (χ1v) is 9.20. The number of benzene rings is 2. The van der Waals surface area contributed by atoms with E-state index in [1.165, 1.54) is 11.8 Å². The molecule has 2 aromatic carbocycles. The van der Waals surface area contributed by atoms with Crippen molar-refractivity contribution in [2.24, 2.45) is 0 Å². The average molecular weight is 365 g/mol. The molecule has 4 nitrogen and oxygen atoms in total. The van der Waals surface area contributed by atoms with Crippen molar-refractivity contribution in [3.8, 4) is 6.07 Å². The summed E-state index contributed by atoms with van der Waals surface area (Å²) in [7, 11) is -0.561. The van der Waals surface area contributed by atoms with Gasteiger partial charge in [-0.05, 0) is 69.6 Å². The van der Waals surface area contributed by atoms with Crippen molar-refractivity contribution >= 4 is 30.6 Å². The van der Waals surface area contributed by atoms with Gasteiger partial charge in [0.25, 0.3) is 0 Å². The molecule has 2 aromatic rings. The summed E-state index contributed by atoms with van der Waals surface area (Å²) in [5.74, 6) is 0. The Bertz CT molecular complexity index is 856. The second-order valence-corrected chi connectivity index (χ2v) is 8.38. The molecule has 132 valence electrons. The highest BCUT2D eigenvalue weighted by Crippen LogP contribution is 2.37. The molecule has 0 amide bonds. The first-order chi connectivity index (χ1) is 12.3. The lowest BCUT2D eigenvalue weighted by Gasteiger charge is -2.32. The molecule has 1 aliphatic rings.